The molecule has 0 bridgehead atoms. The maximum atomic E-state index is 12.1. The zero-order valence-electron chi connectivity index (χ0n) is 14.4. The lowest BCUT2D eigenvalue weighted by atomic mass is 10.3. The number of nitrogens with zero attached hydrogens (tertiary/aromatic N) is 5. The summed E-state index contributed by atoms with van der Waals surface area (Å²) in [5, 5.41) is 19.6. The fourth-order valence-electron chi connectivity index (χ4n) is 2.35. The number of carbonyl (C=O) groups excluding carboxylic acids is 1. The summed E-state index contributed by atoms with van der Waals surface area (Å²) in [5.74, 6) is 0.380. The molecular formula is C15H21N7O4. The van der Waals surface area contributed by atoms with E-state index in [1.54, 1.807) is 11.8 Å². The van der Waals surface area contributed by atoms with Crippen molar-refractivity contribution in [2.45, 2.75) is 13.0 Å². The van der Waals surface area contributed by atoms with E-state index >= 15 is 0 Å². The van der Waals surface area contributed by atoms with Crippen LogP contribution in [0.4, 0.5) is 10.7 Å². The Balaban J connectivity index is 1.67. The number of hydrogen-bond donors (Lipinski definition) is 3. The van der Waals surface area contributed by atoms with Crippen molar-refractivity contribution in [2.24, 2.45) is 0 Å². The first-order valence-corrected chi connectivity index (χ1v) is 8.08. The average molecular weight is 363 g/mol. The number of hydrogen-bond acceptors (Lipinski definition) is 8. The van der Waals surface area contributed by atoms with E-state index in [0.717, 1.165) is 0 Å². The van der Waals surface area contributed by atoms with Crippen LogP contribution in [0.1, 0.15) is 12.5 Å². The third-order valence-electron chi connectivity index (χ3n) is 3.74. The van der Waals surface area contributed by atoms with Crippen LogP contribution in [0.25, 0.3) is 0 Å². The highest BCUT2D eigenvalue weighted by Crippen LogP contribution is 2.10. The molecule has 1 saturated heterocycles. The van der Waals surface area contributed by atoms with Gasteiger partial charge in [-0.2, -0.15) is 10.7 Å². The first-order valence-electron chi connectivity index (χ1n) is 8.08. The van der Waals surface area contributed by atoms with E-state index in [1.807, 2.05) is 11.0 Å². The molecule has 1 atom stereocenters. The molecule has 2 rings (SSSR count). The lowest BCUT2D eigenvalue weighted by molar-refractivity contribution is -0.139. The molecule has 2 amide bonds. The van der Waals surface area contributed by atoms with E-state index in [0.29, 0.717) is 37.7 Å². The van der Waals surface area contributed by atoms with Gasteiger partial charge in [0.1, 0.15) is 12.7 Å². The molecule has 1 fully saturated rings. The standard InChI is InChI=1S/C15H21N7O4/c1-11(20-15(24)25)7-19-26-10-13(23)21-2-4-22(5-3-21)14-17-8-12(6-16)9-18-14/h8-9,11,19-20H,2-5,7,10H2,1H3,(H,24,25)/t11-/m0/s1. The van der Waals surface area contributed by atoms with Crippen molar-refractivity contribution in [3.05, 3.63) is 18.0 Å². The number of hydroxylamine groups is 1. The lowest BCUT2D eigenvalue weighted by Crippen LogP contribution is -2.50. The van der Waals surface area contributed by atoms with Crippen LogP contribution in [0.5, 0.6) is 0 Å². The van der Waals surface area contributed by atoms with E-state index < -0.39 is 6.09 Å². The van der Waals surface area contributed by atoms with Gasteiger partial charge in [-0.1, -0.05) is 0 Å². The predicted octanol–water partition coefficient (Wildman–Crippen LogP) is -0.826. The second kappa shape index (κ2) is 9.50. The monoisotopic (exact) mass is 363 g/mol. The summed E-state index contributed by atoms with van der Waals surface area (Å²) in [6.45, 7) is 4.01. The summed E-state index contributed by atoms with van der Waals surface area (Å²) >= 11 is 0. The van der Waals surface area contributed by atoms with Gasteiger partial charge in [0.25, 0.3) is 5.91 Å². The van der Waals surface area contributed by atoms with Gasteiger partial charge in [-0.15, -0.1) is 0 Å². The van der Waals surface area contributed by atoms with Crippen molar-refractivity contribution in [3.63, 3.8) is 0 Å². The summed E-state index contributed by atoms with van der Waals surface area (Å²) in [4.78, 5) is 39.6. The number of anilines is 1. The minimum Gasteiger partial charge on any atom is -0.465 e. The van der Waals surface area contributed by atoms with Crippen LogP contribution in [0.2, 0.25) is 0 Å². The maximum absolute atomic E-state index is 12.1. The lowest BCUT2D eigenvalue weighted by Gasteiger charge is -2.34. The maximum Gasteiger partial charge on any atom is 0.404 e. The highest BCUT2D eigenvalue weighted by molar-refractivity contribution is 5.77. The third-order valence-corrected chi connectivity index (χ3v) is 3.74. The fraction of sp³-hybridized carbons (Fsp3) is 0.533. The van der Waals surface area contributed by atoms with E-state index in [-0.39, 0.29) is 25.1 Å². The van der Waals surface area contributed by atoms with E-state index in [4.69, 9.17) is 15.2 Å². The Morgan fingerprint density at radius 3 is 2.58 bits per heavy atom. The van der Waals surface area contributed by atoms with Gasteiger partial charge >= 0.3 is 6.09 Å². The molecule has 0 radical (unpaired) electrons. The summed E-state index contributed by atoms with van der Waals surface area (Å²) in [6.07, 6.45) is 1.83. The summed E-state index contributed by atoms with van der Waals surface area (Å²) in [6, 6.07) is 1.64. The highest BCUT2D eigenvalue weighted by Gasteiger charge is 2.22. The largest absolute Gasteiger partial charge is 0.465 e. The number of carboxylic acid groups (broad SMARTS) is 1. The average Bonchev–Trinajstić information content (AvgIpc) is 2.64. The highest BCUT2D eigenvalue weighted by atomic mass is 16.6. The summed E-state index contributed by atoms with van der Waals surface area (Å²) in [5.41, 5.74) is 2.98. The number of nitriles is 1. The van der Waals surface area contributed by atoms with Crippen LogP contribution in [0, 0.1) is 11.3 Å². The normalized spacial score (nSPS) is 15.2. The molecule has 0 spiro atoms. The molecular weight excluding hydrogens is 342 g/mol. The first-order chi connectivity index (χ1) is 12.5. The molecule has 1 aromatic heterocycles. The zero-order chi connectivity index (χ0) is 18.9. The molecule has 1 aliphatic heterocycles. The Bertz CT molecular complexity index is 653. The fourth-order valence-corrected chi connectivity index (χ4v) is 2.35. The molecule has 1 aliphatic rings. The van der Waals surface area contributed by atoms with Gasteiger partial charge in [-0.25, -0.2) is 14.8 Å². The van der Waals surface area contributed by atoms with Gasteiger partial charge < -0.3 is 20.2 Å². The summed E-state index contributed by atoms with van der Waals surface area (Å²) in [7, 11) is 0. The Labute approximate surface area is 150 Å². The molecule has 11 heteroatoms. The van der Waals surface area contributed by atoms with Crippen molar-refractivity contribution in [1.29, 1.82) is 5.26 Å². The number of nitrogens with one attached hydrogen (secondary N) is 2. The molecule has 0 saturated carbocycles. The van der Waals surface area contributed by atoms with Crippen molar-refractivity contribution in [1.82, 2.24) is 25.7 Å². The molecule has 0 aliphatic carbocycles. The van der Waals surface area contributed by atoms with Crippen LogP contribution in [-0.4, -0.2) is 77.3 Å². The Hall–Kier alpha value is -2.97. The van der Waals surface area contributed by atoms with Crippen molar-refractivity contribution >= 4 is 17.9 Å². The second-order valence-corrected chi connectivity index (χ2v) is 5.74. The Kier molecular flexibility index (Phi) is 7.07. The molecule has 3 N–H and O–H groups in total. The second-order valence-electron chi connectivity index (χ2n) is 5.74. The molecule has 0 aromatic carbocycles. The van der Waals surface area contributed by atoms with Crippen LogP contribution in [-0.2, 0) is 9.63 Å². The van der Waals surface area contributed by atoms with Gasteiger partial charge in [0.2, 0.25) is 5.95 Å². The third kappa shape index (κ3) is 5.83. The van der Waals surface area contributed by atoms with Crippen molar-refractivity contribution < 1.29 is 19.5 Å². The van der Waals surface area contributed by atoms with Gasteiger partial charge in [-0.3, -0.25) is 9.63 Å². The summed E-state index contributed by atoms with van der Waals surface area (Å²) < 4.78 is 0. The van der Waals surface area contributed by atoms with Crippen LogP contribution < -0.4 is 15.7 Å². The minimum absolute atomic E-state index is 0.132. The van der Waals surface area contributed by atoms with Gasteiger partial charge in [-0.05, 0) is 6.92 Å². The van der Waals surface area contributed by atoms with Gasteiger partial charge in [0, 0.05) is 38.8 Å². The Morgan fingerprint density at radius 1 is 1.35 bits per heavy atom. The van der Waals surface area contributed by atoms with Crippen molar-refractivity contribution in [3.8, 4) is 6.07 Å². The minimum atomic E-state index is -1.11. The smallest absolute Gasteiger partial charge is 0.404 e. The van der Waals surface area contributed by atoms with Gasteiger partial charge in [0.15, 0.2) is 0 Å². The number of amides is 2. The van der Waals surface area contributed by atoms with Crippen LogP contribution in [0.3, 0.4) is 0 Å². The Morgan fingerprint density at radius 2 is 2.00 bits per heavy atom. The number of carbonyl (C=O) groups is 2. The van der Waals surface area contributed by atoms with E-state index in [9.17, 15) is 9.59 Å². The molecule has 26 heavy (non-hydrogen) atoms. The SMILES string of the molecule is C[C@@H](CNOCC(=O)N1CCN(c2ncc(C#N)cn2)CC1)NC(=O)O. The quantitative estimate of drug-likeness (QED) is 0.418. The number of rotatable bonds is 7. The van der Waals surface area contributed by atoms with Crippen molar-refractivity contribution in [2.75, 3.05) is 44.2 Å². The molecule has 2 heterocycles. The predicted molar refractivity (Wildman–Crippen MR) is 90.1 cm³/mol. The van der Waals surface area contributed by atoms with E-state index in [2.05, 4.69) is 20.8 Å². The topological polar surface area (TPSA) is 144 Å². The number of aromatic nitrogens is 2. The zero-order valence-corrected chi connectivity index (χ0v) is 14.4. The molecule has 11 nitrogen and oxygen atoms in total. The molecule has 140 valence electrons. The number of piperazine rings is 1. The first kappa shape index (κ1) is 19.4. The van der Waals surface area contributed by atoms with Crippen LogP contribution >= 0.6 is 0 Å². The molecule has 1 aromatic rings. The van der Waals surface area contributed by atoms with Gasteiger partial charge in [0.05, 0.1) is 18.0 Å². The molecule has 0 unspecified atom stereocenters. The van der Waals surface area contributed by atoms with Crippen LogP contribution in [0.15, 0.2) is 12.4 Å². The van der Waals surface area contributed by atoms with E-state index in [1.165, 1.54) is 12.4 Å².